The van der Waals surface area contributed by atoms with Crippen molar-refractivity contribution in [2.75, 3.05) is 32.8 Å². The molecule has 1 heterocycles. The Balaban J connectivity index is 0.00000364. The summed E-state index contributed by atoms with van der Waals surface area (Å²) < 4.78 is 23.9. The maximum atomic E-state index is 13.2. The molecule has 2 aromatic rings. The van der Waals surface area contributed by atoms with Gasteiger partial charge in [0.25, 0.3) is 0 Å². The molecular weight excluding hydrogens is 460 g/mol. The Morgan fingerprint density at radius 1 is 1.15 bits per heavy atom. The molecule has 2 rings (SSSR count). The molecule has 7 heteroatoms. The van der Waals surface area contributed by atoms with Crippen molar-refractivity contribution >= 4 is 29.9 Å². The van der Waals surface area contributed by atoms with Crippen LogP contribution in [0.4, 0.5) is 4.39 Å². The predicted molar refractivity (Wildman–Crippen MR) is 117 cm³/mol. The molecule has 0 saturated heterocycles. The highest BCUT2D eigenvalue weighted by Gasteiger charge is 2.01. The average Bonchev–Trinajstić information content (AvgIpc) is 3.14. The normalized spacial score (nSPS) is 11.1. The molecule has 1 aromatic carbocycles. The first-order valence-electron chi connectivity index (χ1n) is 9.14. The smallest absolute Gasteiger partial charge is 0.191 e. The number of aliphatic imine (C=N–C) groups is 1. The Labute approximate surface area is 177 Å². The molecule has 1 aromatic heterocycles. The van der Waals surface area contributed by atoms with Gasteiger partial charge in [-0.05, 0) is 49.6 Å². The molecule has 0 saturated carbocycles. The summed E-state index contributed by atoms with van der Waals surface area (Å²) in [6.07, 6.45) is 4.07. The second-order valence-corrected chi connectivity index (χ2v) is 5.84. The lowest BCUT2D eigenvalue weighted by atomic mass is 10.1. The molecule has 150 valence electrons. The van der Waals surface area contributed by atoms with Gasteiger partial charge in [-0.2, -0.15) is 0 Å². The van der Waals surface area contributed by atoms with Crippen LogP contribution < -0.4 is 10.6 Å². The van der Waals surface area contributed by atoms with Gasteiger partial charge in [0.2, 0.25) is 0 Å². The summed E-state index contributed by atoms with van der Waals surface area (Å²) in [5, 5.41) is 6.61. The van der Waals surface area contributed by atoms with Crippen LogP contribution in [0.2, 0.25) is 0 Å². The molecule has 0 spiro atoms. The van der Waals surface area contributed by atoms with E-state index in [4.69, 9.17) is 9.15 Å². The van der Waals surface area contributed by atoms with Gasteiger partial charge in [0.1, 0.15) is 11.6 Å². The number of benzene rings is 1. The lowest BCUT2D eigenvalue weighted by Gasteiger charge is -2.12. The fourth-order valence-electron chi connectivity index (χ4n) is 2.45. The van der Waals surface area contributed by atoms with E-state index in [1.165, 1.54) is 6.07 Å². The van der Waals surface area contributed by atoms with Crippen LogP contribution in [0.15, 0.2) is 52.1 Å². The summed E-state index contributed by atoms with van der Waals surface area (Å²) in [5.74, 6) is 1.49. The zero-order valence-corrected chi connectivity index (χ0v) is 18.1. The van der Waals surface area contributed by atoms with E-state index in [9.17, 15) is 4.39 Å². The van der Waals surface area contributed by atoms with Gasteiger partial charge in [-0.1, -0.05) is 12.1 Å². The molecule has 0 aliphatic rings. The van der Waals surface area contributed by atoms with Gasteiger partial charge in [0.05, 0.1) is 6.26 Å². The van der Waals surface area contributed by atoms with Crippen LogP contribution in [0, 0.1) is 5.82 Å². The van der Waals surface area contributed by atoms with Gasteiger partial charge in [0, 0.05) is 39.3 Å². The maximum Gasteiger partial charge on any atom is 0.191 e. The highest BCUT2D eigenvalue weighted by atomic mass is 127. The van der Waals surface area contributed by atoms with Crippen molar-refractivity contribution in [1.29, 1.82) is 0 Å². The van der Waals surface area contributed by atoms with E-state index in [0.717, 1.165) is 49.7 Å². The van der Waals surface area contributed by atoms with Gasteiger partial charge in [-0.15, -0.1) is 24.0 Å². The number of halogens is 2. The van der Waals surface area contributed by atoms with Gasteiger partial charge in [0.15, 0.2) is 5.96 Å². The first kappa shape index (κ1) is 23.4. The van der Waals surface area contributed by atoms with E-state index >= 15 is 0 Å². The molecule has 0 atom stereocenters. The van der Waals surface area contributed by atoms with Crippen LogP contribution in [0.5, 0.6) is 0 Å². The average molecular weight is 489 g/mol. The summed E-state index contributed by atoms with van der Waals surface area (Å²) in [6.45, 7) is 5.52. The highest BCUT2D eigenvalue weighted by molar-refractivity contribution is 14.0. The van der Waals surface area contributed by atoms with Crippen LogP contribution in [0.3, 0.4) is 0 Å². The van der Waals surface area contributed by atoms with Crippen LogP contribution >= 0.6 is 24.0 Å². The summed E-state index contributed by atoms with van der Waals surface area (Å²) in [6, 6.07) is 10.5. The molecule has 2 N–H and O–H groups in total. The predicted octanol–water partition coefficient (Wildman–Crippen LogP) is 3.78. The Kier molecular flexibility index (Phi) is 12.5. The minimum absolute atomic E-state index is 0. The minimum Gasteiger partial charge on any atom is -0.469 e. The second kappa shape index (κ2) is 14.4. The Morgan fingerprint density at radius 3 is 2.67 bits per heavy atom. The highest BCUT2D eigenvalue weighted by Crippen LogP contribution is 2.03. The summed E-state index contributed by atoms with van der Waals surface area (Å²) in [7, 11) is 0. The van der Waals surface area contributed by atoms with Crippen LogP contribution in [-0.2, 0) is 17.6 Å². The van der Waals surface area contributed by atoms with E-state index in [2.05, 4.69) is 15.6 Å². The first-order valence-corrected chi connectivity index (χ1v) is 9.14. The Morgan fingerprint density at radius 2 is 1.96 bits per heavy atom. The van der Waals surface area contributed by atoms with E-state index < -0.39 is 0 Å². The number of hydrogen-bond acceptors (Lipinski definition) is 3. The maximum absolute atomic E-state index is 13.2. The number of nitrogens with one attached hydrogen (secondary N) is 2. The zero-order valence-electron chi connectivity index (χ0n) is 15.7. The fraction of sp³-hybridized carbons (Fsp3) is 0.450. The number of rotatable bonds is 11. The number of nitrogens with zero attached hydrogens (tertiary/aromatic N) is 1. The number of hydrogen-bond donors (Lipinski definition) is 2. The van der Waals surface area contributed by atoms with Gasteiger partial charge < -0.3 is 19.8 Å². The van der Waals surface area contributed by atoms with E-state index in [-0.39, 0.29) is 29.8 Å². The molecule has 0 radical (unpaired) electrons. The molecule has 5 nitrogen and oxygen atoms in total. The molecule has 0 aliphatic carbocycles. The van der Waals surface area contributed by atoms with Crippen LogP contribution in [0.25, 0.3) is 0 Å². The van der Waals surface area contributed by atoms with Crippen molar-refractivity contribution in [3.05, 3.63) is 59.8 Å². The molecule has 0 aliphatic heterocycles. The van der Waals surface area contributed by atoms with Gasteiger partial charge in [-0.3, -0.25) is 4.99 Å². The third-order valence-corrected chi connectivity index (χ3v) is 3.76. The van der Waals surface area contributed by atoms with Gasteiger partial charge in [-0.25, -0.2) is 4.39 Å². The SMILES string of the molecule is CCOCCCN=C(NCCc1cccc(F)c1)NCCc1ccco1.I. The monoisotopic (exact) mass is 489 g/mol. The van der Waals surface area contributed by atoms with Crippen LogP contribution in [-0.4, -0.2) is 38.8 Å². The number of furan rings is 1. The Hall–Kier alpha value is -1.61. The molecule has 0 unspecified atom stereocenters. The van der Waals surface area contributed by atoms with Gasteiger partial charge >= 0.3 is 0 Å². The molecule has 27 heavy (non-hydrogen) atoms. The quantitative estimate of drug-likeness (QED) is 0.218. The van der Waals surface area contributed by atoms with Crippen molar-refractivity contribution in [1.82, 2.24) is 10.6 Å². The Bertz CT molecular complexity index is 650. The molecule has 0 amide bonds. The minimum atomic E-state index is -0.205. The van der Waals surface area contributed by atoms with Crippen molar-refractivity contribution < 1.29 is 13.5 Å². The number of ether oxygens (including phenoxy) is 1. The topological polar surface area (TPSA) is 58.8 Å². The first-order chi connectivity index (χ1) is 12.8. The lowest BCUT2D eigenvalue weighted by molar-refractivity contribution is 0.146. The summed E-state index contributed by atoms with van der Waals surface area (Å²) >= 11 is 0. The van der Waals surface area contributed by atoms with Crippen molar-refractivity contribution in [2.24, 2.45) is 4.99 Å². The third kappa shape index (κ3) is 10.3. The summed E-state index contributed by atoms with van der Waals surface area (Å²) in [4.78, 5) is 4.57. The standard InChI is InChI=1S/C20H28FN3O2.HI/c1-2-25-14-5-11-22-20(24-13-10-19-8-4-15-26-19)23-12-9-17-6-3-7-18(21)16-17;/h3-4,6-8,15-16H,2,5,9-14H2,1H3,(H2,22,23,24);1H. The van der Waals surface area contributed by atoms with E-state index in [1.54, 1.807) is 18.4 Å². The third-order valence-electron chi connectivity index (χ3n) is 3.76. The molecular formula is C20H29FIN3O2. The van der Waals surface area contributed by atoms with E-state index in [1.807, 2.05) is 25.1 Å². The van der Waals surface area contributed by atoms with Crippen molar-refractivity contribution in [3.63, 3.8) is 0 Å². The van der Waals surface area contributed by atoms with Crippen molar-refractivity contribution in [3.8, 4) is 0 Å². The number of guanidine groups is 1. The van der Waals surface area contributed by atoms with Crippen molar-refractivity contribution in [2.45, 2.75) is 26.2 Å². The fourth-order valence-corrected chi connectivity index (χ4v) is 2.45. The largest absolute Gasteiger partial charge is 0.469 e. The van der Waals surface area contributed by atoms with Crippen LogP contribution in [0.1, 0.15) is 24.7 Å². The van der Waals surface area contributed by atoms with E-state index in [0.29, 0.717) is 19.7 Å². The molecule has 0 fully saturated rings. The second-order valence-electron chi connectivity index (χ2n) is 5.84. The zero-order chi connectivity index (χ0) is 18.5. The lowest BCUT2D eigenvalue weighted by Crippen LogP contribution is -2.39. The summed E-state index contributed by atoms with van der Waals surface area (Å²) in [5.41, 5.74) is 0.962. The molecule has 0 bridgehead atoms.